The van der Waals surface area contributed by atoms with Crippen LogP contribution in [0.4, 0.5) is 5.69 Å². The maximum Gasteiger partial charge on any atom is 0.251 e. The number of ether oxygens (including phenoxy) is 1. The van der Waals surface area contributed by atoms with Crippen molar-refractivity contribution in [1.82, 2.24) is 15.1 Å². The minimum absolute atomic E-state index is 0.0112. The quantitative estimate of drug-likeness (QED) is 0.624. The van der Waals surface area contributed by atoms with E-state index in [1.807, 2.05) is 24.3 Å². The molecular weight excluding hydrogens is 456 g/mol. The van der Waals surface area contributed by atoms with Crippen LogP contribution >= 0.6 is 0 Å². The number of anilines is 1. The molecule has 3 saturated heterocycles. The number of carbonyl (C=O) groups excluding carboxylic acids is 3. The monoisotopic (exact) mass is 496 g/mol. The predicted octanol–water partition coefficient (Wildman–Crippen LogP) is 2.32. The highest BCUT2D eigenvalue weighted by Crippen LogP contribution is 2.36. The number of hydrogen-bond donors (Lipinski definition) is 1. The lowest BCUT2D eigenvalue weighted by Gasteiger charge is -2.34. The topological polar surface area (TPSA) is 82.2 Å². The van der Waals surface area contributed by atoms with Crippen LogP contribution in [0.1, 0.15) is 55.8 Å². The second-order valence-electron chi connectivity index (χ2n) is 11.1. The van der Waals surface area contributed by atoms with Gasteiger partial charge < -0.3 is 24.8 Å². The molecule has 1 N–H and O–H groups in total. The Morgan fingerprint density at radius 1 is 1.08 bits per heavy atom. The van der Waals surface area contributed by atoms with E-state index in [1.54, 1.807) is 4.90 Å². The zero-order valence-corrected chi connectivity index (χ0v) is 21.7. The first-order chi connectivity index (χ1) is 17.5. The standard InChI is InChI=1S/C28H40N4O4/c1-3-6-21-17-32(25-23(33)18-36-26(21)25)28(35)24(19-7-4-5-8-19)29-27(34)20-9-11-22(12-10-20)31-15-13-30(2)14-16-31/h9-12,19,21,24-26H,3-8,13-18H2,1-2H3,(H,29,34)/t21-,24-,25+,26+/m0/s1. The maximum absolute atomic E-state index is 13.9. The fourth-order valence-electron chi connectivity index (χ4n) is 6.57. The van der Waals surface area contributed by atoms with E-state index in [0.29, 0.717) is 12.1 Å². The smallest absolute Gasteiger partial charge is 0.251 e. The molecule has 2 amide bonds. The summed E-state index contributed by atoms with van der Waals surface area (Å²) in [6.45, 7) is 6.73. The predicted molar refractivity (Wildman–Crippen MR) is 138 cm³/mol. The highest BCUT2D eigenvalue weighted by Gasteiger charge is 2.53. The molecule has 3 aliphatic heterocycles. The normalized spacial score (nSPS) is 27.9. The molecule has 3 heterocycles. The first-order valence-corrected chi connectivity index (χ1v) is 13.8. The van der Waals surface area contributed by atoms with E-state index in [0.717, 1.165) is 70.4 Å². The third kappa shape index (κ3) is 5.02. The number of fused-ring (bicyclic) bond motifs is 1. The van der Waals surface area contributed by atoms with Gasteiger partial charge in [-0.05, 0) is 56.5 Å². The van der Waals surface area contributed by atoms with Crippen LogP contribution in [0.2, 0.25) is 0 Å². The summed E-state index contributed by atoms with van der Waals surface area (Å²) in [5.74, 6) is -0.0654. The van der Waals surface area contributed by atoms with Crippen LogP contribution in [0, 0.1) is 11.8 Å². The summed E-state index contributed by atoms with van der Waals surface area (Å²) in [6.07, 6.45) is 5.68. The Bertz CT molecular complexity index is 953. The van der Waals surface area contributed by atoms with E-state index >= 15 is 0 Å². The molecule has 1 aromatic carbocycles. The summed E-state index contributed by atoms with van der Waals surface area (Å²) in [5, 5.41) is 3.10. The van der Waals surface area contributed by atoms with Crippen molar-refractivity contribution in [3.05, 3.63) is 29.8 Å². The molecule has 0 bridgehead atoms. The van der Waals surface area contributed by atoms with Crippen LogP contribution in [0.15, 0.2) is 24.3 Å². The largest absolute Gasteiger partial charge is 0.369 e. The van der Waals surface area contributed by atoms with Crippen LogP contribution in [0.3, 0.4) is 0 Å². The lowest BCUT2D eigenvalue weighted by Crippen LogP contribution is -2.54. The molecule has 8 nitrogen and oxygen atoms in total. The van der Waals surface area contributed by atoms with E-state index in [1.165, 1.54) is 0 Å². The van der Waals surface area contributed by atoms with Gasteiger partial charge >= 0.3 is 0 Å². The van der Waals surface area contributed by atoms with Gasteiger partial charge in [-0.1, -0.05) is 26.2 Å². The first-order valence-electron chi connectivity index (χ1n) is 13.8. The van der Waals surface area contributed by atoms with Gasteiger partial charge in [-0.2, -0.15) is 0 Å². The van der Waals surface area contributed by atoms with Crippen LogP contribution in [-0.4, -0.2) is 92.0 Å². The van der Waals surface area contributed by atoms with Gasteiger partial charge in [0.2, 0.25) is 5.91 Å². The molecule has 0 aromatic heterocycles. The number of likely N-dealkylation sites (N-methyl/N-ethyl adjacent to an activating group) is 1. The molecule has 0 spiro atoms. The Morgan fingerprint density at radius 3 is 2.44 bits per heavy atom. The molecule has 0 unspecified atom stereocenters. The SMILES string of the molecule is CCC[C@H]1CN(C(=O)[C@@H](NC(=O)c2ccc(N3CCN(C)CC3)cc2)C2CCCC2)[C@@H]2C(=O)CO[C@H]12. The lowest BCUT2D eigenvalue weighted by molar-refractivity contribution is -0.139. The van der Waals surface area contributed by atoms with E-state index in [-0.39, 0.29) is 42.1 Å². The number of ketones is 1. The Morgan fingerprint density at radius 2 is 1.78 bits per heavy atom. The summed E-state index contributed by atoms with van der Waals surface area (Å²) < 4.78 is 5.82. The van der Waals surface area contributed by atoms with Gasteiger partial charge in [0.05, 0.1) is 6.10 Å². The molecule has 8 heteroatoms. The zero-order valence-electron chi connectivity index (χ0n) is 21.7. The van der Waals surface area contributed by atoms with E-state index in [9.17, 15) is 14.4 Å². The zero-order chi connectivity index (χ0) is 25.2. The highest BCUT2D eigenvalue weighted by molar-refractivity contribution is 5.99. The number of rotatable bonds is 7. The maximum atomic E-state index is 13.9. The molecule has 4 atom stereocenters. The lowest BCUT2D eigenvalue weighted by atomic mass is 9.95. The molecule has 4 fully saturated rings. The third-order valence-electron chi connectivity index (χ3n) is 8.66. The molecule has 196 valence electrons. The van der Waals surface area contributed by atoms with Crippen LogP contribution in [0.25, 0.3) is 0 Å². The molecule has 1 aliphatic carbocycles. The van der Waals surface area contributed by atoms with E-state index < -0.39 is 12.1 Å². The van der Waals surface area contributed by atoms with Crippen LogP contribution < -0.4 is 10.2 Å². The van der Waals surface area contributed by atoms with Gasteiger partial charge in [-0.25, -0.2) is 0 Å². The van der Waals surface area contributed by atoms with Gasteiger partial charge in [0, 0.05) is 49.9 Å². The molecule has 0 radical (unpaired) electrons. The molecular formula is C28H40N4O4. The highest BCUT2D eigenvalue weighted by atomic mass is 16.5. The molecule has 4 aliphatic rings. The molecule has 1 saturated carbocycles. The Labute approximate surface area is 214 Å². The minimum Gasteiger partial charge on any atom is -0.369 e. The van der Waals surface area contributed by atoms with Gasteiger partial charge in [-0.15, -0.1) is 0 Å². The average Bonchev–Trinajstić information content (AvgIpc) is 3.63. The second-order valence-corrected chi connectivity index (χ2v) is 11.1. The fourth-order valence-corrected chi connectivity index (χ4v) is 6.57. The van der Waals surface area contributed by atoms with E-state index in [2.05, 4.69) is 29.1 Å². The Kier molecular flexibility index (Phi) is 7.62. The Balaban J connectivity index is 1.30. The number of carbonyl (C=O) groups is 3. The number of piperazine rings is 1. The van der Waals surface area contributed by atoms with Crippen molar-refractivity contribution in [2.24, 2.45) is 11.8 Å². The summed E-state index contributed by atoms with van der Waals surface area (Å²) in [5.41, 5.74) is 1.68. The fraction of sp³-hybridized carbons (Fsp3) is 0.679. The number of amides is 2. The van der Waals surface area contributed by atoms with Crippen molar-refractivity contribution >= 4 is 23.3 Å². The van der Waals surface area contributed by atoms with Crippen LogP contribution in [0.5, 0.6) is 0 Å². The van der Waals surface area contributed by atoms with Crippen molar-refractivity contribution in [2.45, 2.75) is 63.6 Å². The number of hydrogen-bond acceptors (Lipinski definition) is 6. The van der Waals surface area contributed by atoms with Crippen molar-refractivity contribution in [3.63, 3.8) is 0 Å². The summed E-state index contributed by atoms with van der Waals surface area (Å²) in [4.78, 5) is 46.3. The summed E-state index contributed by atoms with van der Waals surface area (Å²) >= 11 is 0. The minimum atomic E-state index is -0.605. The average molecular weight is 497 g/mol. The molecule has 5 rings (SSSR count). The second kappa shape index (κ2) is 10.9. The van der Waals surface area contributed by atoms with Gasteiger partial charge in [0.15, 0.2) is 5.78 Å². The van der Waals surface area contributed by atoms with Gasteiger partial charge in [0.25, 0.3) is 5.91 Å². The van der Waals surface area contributed by atoms with Crippen molar-refractivity contribution in [3.8, 4) is 0 Å². The number of Topliss-reactive ketones (excluding diaryl/α,β-unsaturated/α-hetero) is 1. The number of nitrogens with zero attached hydrogens (tertiary/aromatic N) is 3. The molecule has 36 heavy (non-hydrogen) atoms. The van der Waals surface area contributed by atoms with Crippen molar-refractivity contribution in [1.29, 1.82) is 0 Å². The van der Waals surface area contributed by atoms with Gasteiger partial charge in [0.1, 0.15) is 18.7 Å². The van der Waals surface area contributed by atoms with Crippen molar-refractivity contribution in [2.75, 3.05) is 51.3 Å². The van der Waals surface area contributed by atoms with Crippen LogP contribution in [-0.2, 0) is 14.3 Å². The van der Waals surface area contributed by atoms with Gasteiger partial charge in [-0.3, -0.25) is 14.4 Å². The first kappa shape index (κ1) is 25.2. The third-order valence-corrected chi connectivity index (χ3v) is 8.66. The Hall–Kier alpha value is -2.45. The number of likely N-dealkylation sites (tertiary alicyclic amines) is 1. The summed E-state index contributed by atoms with van der Waals surface area (Å²) in [6, 6.07) is 6.61. The van der Waals surface area contributed by atoms with Crippen molar-refractivity contribution < 1.29 is 19.1 Å². The summed E-state index contributed by atoms with van der Waals surface area (Å²) in [7, 11) is 2.13. The number of benzene rings is 1. The number of nitrogens with one attached hydrogen (secondary N) is 1. The molecule has 1 aromatic rings. The van der Waals surface area contributed by atoms with E-state index in [4.69, 9.17) is 4.74 Å².